The highest BCUT2D eigenvalue weighted by molar-refractivity contribution is 5.81. The zero-order valence-corrected chi connectivity index (χ0v) is 11.1. The van der Waals surface area contributed by atoms with Crippen molar-refractivity contribution in [1.82, 2.24) is 5.32 Å². The van der Waals surface area contributed by atoms with E-state index < -0.39 is 0 Å². The molecule has 2 N–H and O–H groups in total. The zero-order valence-electron chi connectivity index (χ0n) is 11.1. The standard InChI is InChI=1S/C14H22N2O2/c1-3-13(17)9-10-15-14(18)11-16(2)12-7-5-4-6-8-12/h4-8,13,17H,3,9-11H2,1-2H3,(H,15,18). The molecule has 0 aliphatic rings. The van der Waals surface area contributed by atoms with E-state index in [1.165, 1.54) is 0 Å². The predicted molar refractivity (Wildman–Crippen MR) is 73.6 cm³/mol. The van der Waals surface area contributed by atoms with Gasteiger partial charge in [0.25, 0.3) is 0 Å². The molecule has 100 valence electrons. The Balaban J connectivity index is 2.28. The van der Waals surface area contributed by atoms with Gasteiger partial charge in [-0.05, 0) is 25.0 Å². The van der Waals surface area contributed by atoms with Gasteiger partial charge in [-0.1, -0.05) is 25.1 Å². The quantitative estimate of drug-likeness (QED) is 0.769. The lowest BCUT2D eigenvalue weighted by Crippen LogP contribution is -2.36. The van der Waals surface area contributed by atoms with Gasteiger partial charge in [0, 0.05) is 19.3 Å². The minimum absolute atomic E-state index is 0.0235. The van der Waals surface area contributed by atoms with Gasteiger partial charge in [0.05, 0.1) is 12.6 Å². The summed E-state index contributed by atoms with van der Waals surface area (Å²) in [4.78, 5) is 13.6. The monoisotopic (exact) mass is 250 g/mol. The lowest BCUT2D eigenvalue weighted by molar-refractivity contribution is -0.119. The van der Waals surface area contributed by atoms with E-state index in [2.05, 4.69) is 5.32 Å². The van der Waals surface area contributed by atoms with Crippen LogP contribution in [-0.4, -0.2) is 37.3 Å². The van der Waals surface area contributed by atoms with Crippen molar-refractivity contribution in [2.24, 2.45) is 0 Å². The number of anilines is 1. The summed E-state index contributed by atoms with van der Waals surface area (Å²) in [5.41, 5.74) is 1.02. The first-order chi connectivity index (χ1) is 8.63. The Hall–Kier alpha value is -1.55. The topological polar surface area (TPSA) is 52.6 Å². The lowest BCUT2D eigenvalue weighted by Gasteiger charge is -2.18. The summed E-state index contributed by atoms with van der Waals surface area (Å²) >= 11 is 0. The van der Waals surface area contributed by atoms with Gasteiger partial charge >= 0.3 is 0 Å². The Morgan fingerprint density at radius 1 is 1.39 bits per heavy atom. The molecule has 1 unspecified atom stereocenters. The van der Waals surface area contributed by atoms with E-state index in [0.29, 0.717) is 19.5 Å². The number of aliphatic hydroxyl groups excluding tert-OH is 1. The fourth-order valence-electron chi connectivity index (χ4n) is 1.63. The summed E-state index contributed by atoms with van der Waals surface area (Å²) in [5, 5.41) is 12.2. The van der Waals surface area contributed by atoms with Crippen LogP contribution in [0.1, 0.15) is 19.8 Å². The Morgan fingerprint density at radius 2 is 2.06 bits per heavy atom. The third-order valence-electron chi connectivity index (χ3n) is 2.85. The van der Waals surface area contributed by atoms with Crippen LogP contribution in [0.3, 0.4) is 0 Å². The molecule has 0 saturated carbocycles. The third-order valence-corrected chi connectivity index (χ3v) is 2.85. The van der Waals surface area contributed by atoms with Crippen LogP contribution in [0.15, 0.2) is 30.3 Å². The van der Waals surface area contributed by atoms with Crippen molar-refractivity contribution in [1.29, 1.82) is 0 Å². The number of nitrogens with one attached hydrogen (secondary N) is 1. The maximum Gasteiger partial charge on any atom is 0.239 e. The summed E-state index contributed by atoms with van der Waals surface area (Å²) in [6.07, 6.45) is 1.01. The highest BCUT2D eigenvalue weighted by Gasteiger charge is 2.07. The normalized spacial score (nSPS) is 11.9. The number of carbonyl (C=O) groups is 1. The highest BCUT2D eigenvalue weighted by Crippen LogP contribution is 2.09. The first-order valence-corrected chi connectivity index (χ1v) is 6.34. The summed E-state index contributed by atoms with van der Waals surface area (Å²) in [6, 6.07) is 9.77. The number of aliphatic hydroxyl groups is 1. The second kappa shape index (κ2) is 7.71. The molecule has 1 aromatic rings. The van der Waals surface area contributed by atoms with E-state index in [9.17, 15) is 9.90 Å². The predicted octanol–water partition coefficient (Wildman–Crippen LogP) is 1.40. The van der Waals surface area contributed by atoms with E-state index in [1.807, 2.05) is 49.2 Å². The molecule has 0 fully saturated rings. The van der Waals surface area contributed by atoms with Crippen LogP contribution in [0.4, 0.5) is 5.69 Å². The number of hydrogen-bond acceptors (Lipinski definition) is 3. The second-order valence-electron chi connectivity index (χ2n) is 4.39. The van der Waals surface area contributed by atoms with Gasteiger partial charge in [-0.2, -0.15) is 0 Å². The first kappa shape index (κ1) is 14.5. The molecule has 0 aliphatic carbocycles. The van der Waals surface area contributed by atoms with E-state index in [0.717, 1.165) is 12.1 Å². The zero-order chi connectivity index (χ0) is 13.4. The van der Waals surface area contributed by atoms with Crippen molar-refractivity contribution < 1.29 is 9.90 Å². The van der Waals surface area contributed by atoms with Crippen molar-refractivity contribution in [3.05, 3.63) is 30.3 Å². The molecule has 0 spiro atoms. The second-order valence-corrected chi connectivity index (χ2v) is 4.39. The number of amides is 1. The van der Waals surface area contributed by atoms with E-state index >= 15 is 0 Å². The van der Waals surface area contributed by atoms with E-state index in [1.54, 1.807) is 0 Å². The van der Waals surface area contributed by atoms with Crippen LogP contribution in [0, 0.1) is 0 Å². The number of para-hydroxylation sites is 1. The maximum atomic E-state index is 11.7. The van der Waals surface area contributed by atoms with E-state index in [-0.39, 0.29) is 12.0 Å². The minimum atomic E-state index is -0.322. The SMILES string of the molecule is CCC(O)CCNC(=O)CN(C)c1ccccc1. The third kappa shape index (κ3) is 5.19. The van der Waals surface area contributed by atoms with Crippen LogP contribution >= 0.6 is 0 Å². The van der Waals surface area contributed by atoms with Gasteiger partial charge in [-0.25, -0.2) is 0 Å². The molecule has 0 heterocycles. The molecule has 4 nitrogen and oxygen atoms in total. The fourth-order valence-corrected chi connectivity index (χ4v) is 1.63. The molecule has 0 bridgehead atoms. The first-order valence-electron chi connectivity index (χ1n) is 6.34. The molecule has 1 rings (SSSR count). The number of likely N-dealkylation sites (N-methyl/N-ethyl adjacent to an activating group) is 1. The van der Waals surface area contributed by atoms with Crippen molar-refractivity contribution in [3.63, 3.8) is 0 Å². The van der Waals surface area contributed by atoms with Crippen LogP contribution in [0.5, 0.6) is 0 Å². The molecule has 0 radical (unpaired) electrons. The Bertz CT molecular complexity index is 354. The van der Waals surface area contributed by atoms with Crippen molar-refractivity contribution in [2.75, 3.05) is 25.0 Å². The van der Waals surface area contributed by atoms with E-state index in [4.69, 9.17) is 0 Å². The van der Waals surface area contributed by atoms with Gasteiger partial charge in [-0.3, -0.25) is 4.79 Å². The van der Waals surface area contributed by atoms with Crippen molar-refractivity contribution in [3.8, 4) is 0 Å². The van der Waals surface area contributed by atoms with Gasteiger partial charge in [0.1, 0.15) is 0 Å². The molecule has 0 saturated heterocycles. The Morgan fingerprint density at radius 3 is 2.67 bits per heavy atom. The Kier molecular flexibility index (Phi) is 6.22. The van der Waals surface area contributed by atoms with Crippen LogP contribution in [0.25, 0.3) is 0 Å². The van der Waals surface area contributed by atoms with Gasteiger partial charge in [0.2, 0.25) is 5.91 Å². The van der Waals surface area contributed by atoms with Crippen molar-refractivity contribution >= 4 is 11.6 Å². The average molecular weight is 250 g/mol. The highest BCUT2D eigenvalue weighted by atomic mass is 16.3. The molecule has 1 atom stereocenters. The molecular weight excluding hydrogens is 228 g/mol. The Labute approximate surface area is 109 Å². The molecule has 0 aromatic heterocycles. The molecular formula is C14H22N2O2. The van der Waals surface area contributed by atoms with Crippen molar-refractivity contribution in [2.45, 2.75) is 25.9 Å². The number of nitrogens with zero attached hydrogens (tertiary/aromatic N) is 1. The lowest BCUT2D eigenvalue weighted by atomic mass is 10.2. The van der Waals surface area contributed by atoms with Gasteiger partial charge in [0.15, 0.2) is 0 Å². The largest absolute Gasteiger partial charge is 0.393 e. The molecule has 4 heteroatoms. The maximum absolute atomic E-state index is 11.7. The number of hydrogen-bond donors (Lipinski definition) is 2. The number of rotatable bonds is 7. The smallest absolute Gasteiger partial charge is 0.239 e. The average Bonchev–Trinajstić information content (AvgIpc) is 2.39. The molecule has 1 amide bonds. The van der Waals surface area contributed by atoms with Crippen LogP contribution < -0.4 is 10.2 Å². The number of carbonyl (C=O) groups excluding carboxylic acids is 1. The summed E-state index contributed by atoms with van der Waals surface area (Å²) in [5.74, 6) is -0.0235. The molecule has 0 aliphatic heterocycles. The molecule has 18 heavy (non-hydrogen) atoms. The van der Waals surface area contributed by atoms with Crippen LogP contribution in [0.2, 0.25) is 0 Å². The summed E-state index contributed by atoms with van der Waals surface area (Å²) < 4.78 is 0. The fraction of sp³-hybridized carbons (Fsp3) is 0.500. The summed E-state index contributed by atoms with van der Waals surface area (Å²) in [6.45, 7) is 2.78. The molecule has 1 aromatic carbocycles. The minimum Gasteiger partial charge on any atom is -0.393 e. The van der Waals surface area contributed by atoms with Crippen LogP contribution in [-0.2, 0) is 4.79 Å². The summed E-state index contributed by atoms with van der Waals surface area (Å²) in [7, 11) is 1.88. The number of benzene rings is 1. The van der Waals surface area contributed by atoms with Gasteiger partial charge in [-0.15, -0.1) is 0 Å². The van der Waals surface area contributed by atoms with Gasteiger partial charge < -0.3 is 15.3 Å².